The van der Waals surface area contributed by atoms with Crippen molar-refractivity contribution in [1.82, 2.24) is 5.32 Å². The van der Waals surface area contributed by atoms with Gasteiger partial charge in [0.25, 0.3) is 7.82 Å². The van der Waals surface area contributed by atoms with Gasteiger partial charge in [0.05, 0.1) is 39.9 Å². The quantitative estimate of drug-likeness (QED) is 0.0272. The number of hydrogen-bond donors (Lipinski definition) is 2. The van der Waals surface area contributed by atoms with Crippen LogP contribution < -0.4 is 10.2 Å². The summed E-state index contributed by atoms with van der Waals surface area (Å²) in [6.45, 7) is 4.56. The number of aliphatic hydroxyl groups excluding tert-OH is 1. The van der Waals surface area contributed by atoms with Crippen LogP contribution in [0.4, 0.5) is 0 Å². The molecule has 0 bridgehead atoms. The molecular formula is C70H129N2O6P. The summed E-state index contributed by atoms with van der Waals surface area (Å²) in [6, 6.07) is -0.899. The largest absolute Gasteiger partial charge is 0.756 e. The summed E-state index contributed by atoms with van der Waals surface area (Å²) in [5.41, 5.74) is 0. The zero-order valence-corrected chi connectivity index (χ0v) is 53.5. The molecule has 1 amide bonds. The van der Waals surface area contributed by atoms with Crippen LogP contribution in [0.2, 0.25) is 0 Å². The normalized spacial score (nSPS) is 14.3. The van der Waals surface area contributed by atoms with Gasteiger partial charge in [-0.3, -0.25) is 9.36 Å². The minimum absolute atomic E-state index is 0.00620. The maximum absolute atomic E-state index is 13.0. The lowest BCUT2D eigenvalue weighted by Crippen LogP contribution is -2.45. The van der Waals surface area contributed by atoms with Gasteiger partial charge >= 0.3 is 0 Å². The topological polar surface area (TPSA) is 108 Å². The number of likely N-dealkylation sites (N-methyl/N-ethyl adjacent to an activating group) is 1. The van der Waals surface area contributed by atoms with E-state index >= 15 is 0 Å². The number of phosphoric ester groups is 1. The Morgan fingerprint density at radius 1 is 0.456 bits per heavy atom. The number of rotatable bonds is 61. The van der Waals surface area contributed by atoms with Crippen molar-refractivity contribution in [3.05, 3.63) is 85.1 Å². The van der Waals surface area contributed by atoms with Crippen molar-refractivity contribution in [2.24, 2.45) is 0 Å². The minimum Gasteiger partial charge on any atom is -0.756 e. The van der Waals surface area contributed by atoms with Crippen molar-refractivity contribution in [3.8, 4) is 0 Å². The highest BCUT2D eigenvalue weighted by molar-refractivity contribution is 7.45. The number of nitrogens with one attached hydrogen (secondary N) is 1. The van der Waals surface area contributed by atoms with Crippen LogP contribution in [0, 0.1) is 0 Å². The lowest BCUT2D eigenvalue weighted by atomic mass is 10.0. The third kappa shape index (κ3) is 63.1. The molecule has 0 aliphatic rings. The van der Waals surface area contributed by atoms with Crippen LogP contribution >= 0.6 is 7.82 Å². The van der Waals surface area contributed by atoms with Gasteiger partial charge in [-0.25, -0.2) is 0 Å². The molecule has 0 aromatic carbocycles. The monoisotopic (exact) mass is 1120 g/mol. The number of allylic oxidation sites excluding steroid dienone is 13. The van der Waals surface area contributed by atoms with Crippen molar-refractivity contribution in [2.75, 3.05) is 40.9 Å². The zero-order chi connectivity index (χ0) is 57.7. The van der Waals surface area contributed by atoms with Crippen LogP contribution in [0.1, 0.15) is 303 Å². The van der Waals surface area contributed by atoms with Crippen LogP contribution in [0.15, 0.2) is 85.1 Å². The van der Waals surface area contributed by atoms with Gasteiger partial charge in [0.15, 0.2) is 0 Å². The molecule has 0 aliphatic heterocycles. The lowest BCUT2D eigenvalue weighted by Gasteiger charge is -2.29. The average Bonchev–Trinajstić information content (AvgIpc) is 3.42. The zero-order valence-electron chi connectivity index (χ0n) is 52.6. The van der Waals surface area contributed by atoms with Gasteiger partial charge in [-0.1, -0.05) is 311 Å². The van der Waals surface area contributed by atoms with Crippen molar-refractivity contribution in [3.63, 3.8) is 0 Å². The van der Waals surface area contributed by atoms with E-state index in [0.29, 0.717) is 17.4 Å². The van der Waals surface area contributed by atoms with E-state index in [2.05, 4.69) is 92.1 Å². The fourth-order valence-electron chi connectivity index (χ4n) is 9.69. The predicted molar refractivity (Wildman–Crippen MR) is 343 cm³/mol. The standard InChI is InChI=1S/C70H129N2O6P/c1-6-8-10-12-14-16-18-20-22-24-26-28-30-32-34-35-36-38-39-41-43-45-47-49-51-53-55-57-59-61-63-69(73)68(67-78-79(75,76)77-66-65-72(3,4)5)71-70(74)64-62-60-58-56-54-52-50-48-46-44-42-40-37-33-31-29-27-25-23-21-19-17-15-13-11-9-7-2/h9,11,15,17,21,23,27,29,33,37,42,44,61,63,68-69,73H,6-8,10,12-14,16,18-20,22,24-26,28,30-32,34-36,38-41,43,45-60,62,64-67H2,1-5H3,(H-,71,74,75,76)/b11-9-,17-15-,23-21-,29-27-,37-33-,44-42-,63-61+. The maximum Gasteiger partial charge on any atom is 0.268 e. The third-order valence-electron chi connectivity index (χ3n) is 14.9. The van der Waals surface area contributed by atoms with Crippen LogP contribution in [-0.2, 0) is 18.4 Å². The molecule has 79 heavy (non-hydrogen) atoms. The van der Waals surface area contributed by atoms with Crippen LogP contribution in [0.3, 0.4) is 0 Å². The first-order valence-electron chi connectivity index (χ1n) is 33.4. The van der Waals surface area contributed by atoms with E-state index in [9.17, 15) is 19.4 Å². The molecule has 0 heterocycles. The van der Waals surface area contributed by atoms with E-state index in [-0.39, 0.29) is 19.1 Å². The van der Waals surface area contributed by atoms with Gasteiger partial charge in [0.2, 0.25) is 5.91 Å². The Bertz CT molecular complexity index is 1560. The van der Waals surface area contributed by atoms with Gasteiger partial charge in [-0.15, -0.1) is 0 Å². The second-order valence-corrected chi connectivity index (χ2v) is 25.2. The predicted octanol–water partition coefficient (Wildman–Crippen LogP) is 20.5. The Morgan fingerprint density at radius 2 is 0.772 bits per heavy atom. The fourth-order valence-corrected chi connectivity index (χ4v) is 10.4. The number of aliphatic hydroxyl groups is 1. The van der Waals surface area contributed by atoms with Gasteiger partial charge in [-0.05, 0) is 70.6 Å². The van der Waals surface area contributed by atoms with Crippen molar-refractivity contribution >= 4 is 13.7 Å². The van der Waals surface area contributed by atoms with Gasteiger partial charge in [-0.2, -0.15) is 0 Å². The molecule has 0 radical (unpaired) electrons. The van der Waals surface area contributed by atoms with E-state index < -0.39 is 20.0 Å². The molecule has 460 valence electrons. The van der Waals surface area contributed by atoms with E-state index in [1.165, 1.54) is 193 Å². The highest BCUT2D eigenvalue weighted by Gasteiger charge is 2.23. The molecule has 3 unspecified atom stereocenters. The van der Waals surface area contributed by atoms with Gasteiger partial charge < -0.3 is 28.8 Å². The molecule has 2 N–H and O–H groups in total. The summed E-state index contributed by atoms with van der Waals surface area (Å²) >= 11 is 0. The molecule has 0 aliphatic carbocycles. The summed E-state index contributed by atoms with van der Waals surface area (Å²) in [7, 11) is 1.25. The molecule has 0 fully saturated rings. The Balaban J connectivity index is 4.14. The van der Waals surface area contributed by atoms with E-state index in [1.54, 1.807) is 6.08 Å². The van der Waals surface area contributed by atoms with E-state index in [1.807, 2.05) is 27.2 Å². The number of amides is 1. The smallest absolute Gasteiger partial charge is 0.268 e. The second-order valence-electron chi connectivity index (χ2n) is 23.8. The van der Waals surface area contributed by atoms with Crippen molar-refractivity contribution in [2.45, 2.75) is 315 Å². The van der Waals surface area contributed by atoms with Crippen LogP contribution in [-0.4, -0.2) is 68.5 Å². The molecule has 8 nitrogen and oxygen atoms in total. The molecular weight excluding hydrogens is 996 g/mol. The number of carbonyl (C=O) groups excluding carboxylic acids is 1. The number of quaternary nitrogens is 1. The molecule has 0 rings (SSSR count). The minimum atomic E-state index is -4.61. The summed E-state index contributed by atoms with van der Waals surface area (Å²) in [4.78, 5) is 25.6. The highest BCUT2D eigenvalue weighted by atomic mass is 31.2. The molecule has 0 spiro atoms. The van der Waals surface area contributed by atoms with E-state index in [4.69, 9.17) is 9.05 Å². The Hall–Kier alpha value is -2.32. The van der Waals surface area contributed by atoms with Crippen LogP contribution in [0.25, 0.3) is 0 Å². The molecule has 0 aromatic heterocycles. The first kappa shape index (κ1) is 76.7. The lowest BCUT2D eigenvalue weighted by molar-refractivity contribution is -0.870. The number of carbonyl (C=O) groups is 1. The summed E-state index contributed by atoms with van der Waals surface area (Å²) < 4.78 is 23.4. The highest BCUT2D eigenvalue weighted by Crippen LogP contribution is 2.38. The Morgan fingerprint density at radius 3 is 1.13 bits per heavy atom. The van der Waals surface area contributed by atoms with Crippen molar-refractivity contribution < 1.29 is 32.9 Å². The Labute approximate surface area is 490 Å². The van der Waals surface area contributed by atoms with Crippen LogP contribution in [0.5, 0.6) is 0 Å². The molecule has 0 aromatic rings. The molecule has 3 atom stereocenters. The summed E-state index contributed by atoms with van der Waals surface area (Å²) in [5, 5.41) is 14.0. The number of nitrogens with zero attached hydrogens (tertiary/aromatic N) is 1. The first-order chi connectivity index (χ1) is 38.5. The Kier molecular flexibility index (Phi) is 58.5. The number of unbranched alkanes of at least 4 members (excludes halogenated alkanes) is 36. The summed E-state index contributed by atoms with van der Waals surface area (Å²) in [5.74, 6) is -0.206. The molecule has 9 heteroatoms. The van der Waals surface area contributed by atoms with Gasteiger partial charge in [0.1, 0.15) is 13.2 Å². The number of phosphoric acid groups is 1. The fraction of sp³-hybridized carbons (Fsp3) is 0.786. The van der Waals surface area contributed by atoms with E-state index in [0.717, 1.165) is 89.9 Å². The second kappa shape index (κ2) is 60.3. The molecule has 0 saturated carbocycles. The first-order valence-corrected chi connectivity index (χ1v) is 34.9. The molecule has 0 saturated heterocycles. The SMILES string of the molecule is CC/C=C\C/C=C\C/C=C\C/C=C\C/C=C\C/C=C\CCCCCCCCCCC(=O)NC(COP(=O)([O-])OCC[N+](C)(C)C)C(O)/C=C/CCCCCCCCCCCCCCCCCCCCCCCCCCCCCC. The average molecular weight is 1130 g/mol. The third-order valence-corrected chi connectivity index (χ3v) is 15.8. The number of hydrogen-bond acceptors (Lipinski definition) is 6. The maximum atomic E-state index is 13.0. The van der Waals surface area contributed by atoms with Crippen molar-refractivity contribution in [1.29, 1.82) is 0 Å². The van der Waals surface area contributed by atoms with Gasteiger partial charge in [0, 0.05) is 6.42 Å². The summed E-state index contributed by atoms with van der Waals surface area (Å²) in [6.07, 6.45) is 85.4.